The van der Waals surface area contributed by atoms with Crippen LogP contribution in [-0.2, 0) is 33.8 Å². The zero-order valence-electron chi connectivity index (χ0n) is 18.9. The Labute approximate surface area is 191 Å². The van der Waals surface area contributed by atoms with Crippen LogP contribution >= 0.6 is 0 Å². The smallest absolute Gasteiger partial charge is 0.290 e. The van der Waals surface area contributed by atoms with Crippen molar-refractivity contribution in [3.05, 3.63) is 36.1 Å². The van der Waals surface area contributed by atoms with Crippen LogP contribution in [-0.4, -0.2) is 79.7 Å². The maximum absolute atomic E-state index is 14.5. The average molecular weight is 467 g/mol. The van der Waals surface area contributed by atoms with Gasteiger partial charge in [-0.1, -0.05) is 13.8 Å². The predicted molar refractivity (Wildman–Crippen MR) is 118 cm³/mol. The minimum Gasteiger partial charge on any atom is -0.483 e. The van der Waals surface area contributed by atoms with E-state index < -0.39 is 0 Å². The minimum atomic E-state index is -0.341. The van der Waals surface area contributed by atoms with E-state index in [1.165, 1.54) is 6.33 Å². The molecule has 1 amide bonds. The molecule has 1 fully saturated rings. The first-order chi connectivity index (χ1) is 16.0. The zero-order chi connectivity index (χ0) is 24.6. The number of aryl methyl sites for hydroxylation is 3. The van der Waals surface area contributed by atoms with Gasteiger partial charge in [-0.25, -0.2) is 19.3 Å². The molecule has 2 N–H and O–H groups in total. The number of imidazole rings is 1. The van der Waals surface area contributed by atoms with Gasteiger partial charge in [-0.2, -0.15) is 0 Å². The van der Waals surface area contributed by atoms with Crippen molar-refractivity contribution >= 4 is 24.7 Å². The fourth-order valence-electron chi connectivity index (χ4n) is 3.47. The van der Waals surface area contributed by atoms with E-state index in [1.807, 2.05) is 27.5 Å². The van der Waals surface area contributed by atoms with Crippen LogP contribution in [0.5, 0.6) is 0 Å². The molecule has 0 spiro atoms. The Bertz CT molecular complexity index is 873. The number of hydrogen-bond acceptors (Lipinski definition) is 7. The van der Waals surface area contributed by atoms with Gasteiger partial charge in [0.15, 0.2) is 11.6 Å². The van der Waals surface area contributed by atoms with Crippen LogP contribution in [0.25, 0.3) is 0 Å². The summed E-state index contributed by atoms with van der Waals surface area (Å²) in [4.78, 5) is 45.6. The predicted octanol–water partition coefficient (Wildman–Crippen LogP) is 1.47. The molecule has 33 heavy (non-hydrogen) atoms. The fraction of sp³-hybridized carbons (Fsp3) is 0.524. The van der Waals surface area contributed by atoms with Gasteiger partial charge in [-0.3, -0.25) is 14.4 Å². The first-order valence-electron chi connectivity index (χ1n) is 10.6. The summed E-state index contributed by atoms with van der Waals surface area (Å²) in [5.74, 6) is 1.13. The third kappa shape index (κ3) is 8.47. The lowest BCUT2D eigenvalue weighted by Gasteiger charge is -2.23. The molecule has 3 rings (SSSR count). The van der Waals surface area contributed by atoms with E-state index in [-0.39, 0.29) is 24.7 Å². The number of carboxylic acid groups (broad SMARTS) is 2. The van der Waals surface area contributed by atoms with Crippen LogP contribution in [0.3, 0.4) is 0 Å². The van der Waals surface area contributed by atoms with Gasteiger partial charge in [-0.05, 0) is 12.8 Å². The normalized spacial score (nSPS) is 13.1. The van der Waals surface area contributed by atoms with Gasteiger partial charge >= 0.3 is 0 Å². The van der Waals surface area contributed by atoms with Crippen LogP contribution in [0.15, 0.2) is 18.7 Å². The van der Waals surface area contributed by atoms with E-state index in [0.29, 0.717) is 57.1 Å². The first kappa shape index (κ1) is 27.5. The van der Waals surface area contributed by atoms with Crippen molar-refractivity contribution in [3.8, 4) is 0 Å². The van der Waals surface area contributed by atoms with Crippen molar-refractivity contribution in [2.45, 2.75) is 46.1 Å². The minimum absolute atomic E-state index is 0.130. The van der Waals surface area contributed by atoms with E-state index >= 15 is 0 Å². The number of amides is 1. The summed E-state index contributed by atoms with van der Waals surface area (Å²) in [6.07, 6.45) is 7.74. The number of anilines is 1. The summed E-state index contributed by atoms with van der Waals surface area (Å²) in [5, 5.41) is 13.8. The number of carbonyl (C=O) groups is 3. The Morgan fingerprint density at radius 2 is 1.76 bits per heavy atom. The molecule has 182 valence electrons. The number of carbonyl (C=O) groups excluding carboxylic acids is 1. The van der Waals surface area contributed by atoms with Gasteiger partial charge < -0.3 is 24.6 Å². The molecule has 3 heterocycles. The maximum atomic E-state index is 14.5. The largest absolute Gasteiger partial charge is 0.483 e. The van der Waals surface area contributed by atoms with E-state index in [4.69, 9.17) is 19.8 Å². The van der Waals surface area contributed by atoms with E-state index in [1.54, 1.807) is 6.20 Å². The van der Waals surface area contributed by atoms with Crippen LogP contribution < -0.4 is 4.90 Å². The van der Waals surface area contributed by atoms with Gasteiger partial charge in [0.25, 0.3) is 12.9 Å². The molecule has 0 radical (unpaired) electrons. The van der Waals surface area contributed by atoms with E-state index in [2.05, 4.69) is 21.9 Å². The molecule has 0 aliphatic carbocycles. The molecule has 1 aliphatic heterocycles. The van der Waals surface area contributed by atoms with Crippen LogP contribution in [0.4, 0.5) is 10.2 Å². The number of halogens is 1. The van der Waals surface area contributed by atoms with Gasteiger partial charge in [-0.15, -0.1) is 0 Å². The molecule has 1 aliphatic rings. The monoisotopic (exact) mass is 466 g/mol. The molecule has 0 aromatic carbocycles. The summed E-state index contributed by atoms with van der Waals surface area (Å²) in [5.41, 5.74) is 0.434. The summed E-state index contributed by atoms with van der Waals surface area (Å²) in [6.45, 7) is 6.60. The van der Waals surface area contributed by atoms with Gasteiger partial charge in [0.1, 0.15) is 12.2 Å². The summed E-state index contributed by atoms with van der Waals surface area (Å²) in [7, 11) is 0. The van der Waals surface area contributed by atoms with Gasteiger partial charge in [0, 0.05) is 58.0 Å². The SMILES string of the molecule is CCc1ncnc(N2CCCN(C(=O)CCn3ccnc3CC)CC2)c1F.O=CO.O=CO. The standard InChI is InChI=1S/C19H27FN6O.2CH2O2/c1-3-15-18(20)19(23-14-22-15)26-9-5-8-25(12-13-26)17(27)6-10-24-11-7-21-16(24)4-2;2*2-1-3/h7,11,14H,3-6,8-10,12-13H2,1-2H3;2*1H,(H,2,3). The Morgan fingerprint density at radius 3 is 2.39 bits per heavy atom. The van der Waals surface area contributed by atoms with Crippen molar-refractivity contribution in [2.24, 2.45) is 0 Å². The molecule has 1 saturated heterocycles. The highest BCUT2D eigenvalue weighted by Gasteiger charge is 2.22. The molecular formula is C21H31FN6O5. The summed E-state index contributed by atoms with van der Waals surface area (Å²) in [6, 6.07) is 0. The Hall–Kier alpha value is -3.57. The van der Waals surface area contributed by atoms with Crippen molar-refractivity contribution in [3.63, 3.8) is 0 Å². The lowest BCUT2D eigenvalue weighted by atomic mass is 10.3. The topological polar surface area (TPSA) is 142 Å². The second-order valence-corrected chi connectivity index (χ2v) is 6.88. The van der Waals surface area contributed by atoms with E-state index in [9.17, 15) is 9.18 Å². The quantitative estimate of drug-likeness (QED) is 0.605. The lowest BCUT2D eigenvalue weighted by molar-refractivity contribution is -0.131. The summed E-state index contributed by atoms with van der Waals surface area (Å²) < 4.78 is 16.6. The molecule has 11 nitrogen and oxygen atoms in total. The second kappa shape index (κ2) is 15.3. The highest BCUT2D eigenvalue weighted by atomic mass is 19.1. The van der Waals surface area contributed by atoms with Crippen LogP contribution in [0, 0.1) is 5.82 Å². The molecule has 0 saturated carbocycles. The molecule has 2 aromatic heterocycles. The first-order valence-corrected chi connectivity index (χ1v) is 10.6. The maximum Gasteiger partial charge on any atom is 0.290 e. The molecule has 0 bridgehead atoms. The van der Waals surface area contributed by atoms with Gasteiger partial charge in [0.2, 0.25) is 5.91 Å². The number of aromatic nitrogens is 4. The third-order valence-corrected chi connectivity index (χ3v) is 5.01. The van der Waals surface area contributed by atoms with Crippen LogP contribution in [0.1, 0.15) is 38.2 Å². The molecule has 0 atom stereocenters. The van der Waals surface area contributed by atoms with Crippen molar-refractivity contribution in [2.75, 3.05) is 31.1 Å². The van der Waals surface area contributed by atoms with Crippen molar-refractivity contribution in [1.29, 1.82) is 0 Å². The number of rotatable bonds is 6. The molecule has 12 heteroatoms. The van der Waals surface area contributed by atoms with Crippen molar-refractivity contribution in [1.82, 2.24) is 24.4 Å². The number of hydrogen-bond donors (Lipinski definition) is 2. The van der Waals surface area contributed by atoms with Crippen LogP contribution in [0.2, 0.25) is 0 Å². The Kier molecular flexibility index (Phi) is 12.7. The Balaban J connectivity index is 0.000000819. The van der Waals surface area contributed by atoms with Gasteiger partial charge in [0.05, 0.1) is 5.69 Å². The van der Waals surface area contributed by atoms with Crippen molar-refractivity contribution < 1.29 is 29.0 Å². The number of nitrogens with zero attached hydrogens (tertiary/aromatic N) is 6. The average Bonchev–Trinajstić information content (AvgIpc) is 3.13. The molecule has 0 unspecified atom stereocenters. The van der Waals surface area contributed by atoms with E-state index in [0.717, 1.165) is 18.7 Å². The highest BCUT2D eigenvalue weighted by Crippen LogP contribution is 2.20. The highest BCUT2D eigenvalue weighted by molar-refractivity contribution is 5.76. The molecule has 2 aromatic rings. The lowest BCUT2D eigenvalue weighted by Crippen LogP contribution is -2.36. The second-order valence-electron chi connectivity index (χ2n) is 6.88. The summed E-state index contributed by atoms with van der Waals surface area (Å²) >= 11 is 0. The third-order valence-electron chi connectivity index (χ3n) is 5.01. The fourth-order valence-corrected chi connectivity index (χ4v) is 3.47. The zero-order valence-corrected chi connectivity index (χ0v) is 18.9. The Morgan fingerprint density at radius 1 is 1.06 bits per heavy atom. The molecular weight excluding hydrogens is 435 g/mol.